The van der Waals surface area contributed by atoms with Gasteiger partial charge in [-0.2, -0.15) is 21.6 Å². The van der Waals surface area contributed by atoms with Gasteiger partial charge in [0, 0.05) is 13.0 Å². The standard InChI is InChI=1S/C12H20F3NO5S/c1-11(2,3)20-10(17)16-6-5-8(21-22(4,18)19)7-9(16)12(13,14)15/h8-9H,5-7H2,1-4H3/t8-,9-/m1/s1. The molecule has 0 aromatic carbocycles. The fourth-order valence-electron chi connectivity index (χ4n) is 2.12. The number of rotatable bonds is 2. The van der Waals surface area contributed by atoms with Crippen molar-refractivity contribution >= 4 is 16.2 Å². The fraction of sp³-hybridized carbons (Fsp3) is 0.917. The minimum absolute atomic E-state index is 0.0150. The molecule has 1 aliphatic rings. The summed E-state index contributed by atoms with van der Waals surface area (Å²) in [6, 6.07) is -2.14. The molecule has 1 aliphatic heterocycles. The second-order valence-corrected chi connectivity index (χ2v) is 7.78. The van der Waals surface area contributed by atoms with E-state index in [1.54, 1.807) is 20.8 Å². The predicted octanol–water partition coefficient (Wildman–Crippen LogP) is 2.29. The lowest BCUT2D eigenvalue weighted by atomic mass is 9.99. The lowest BCUT2D eigenvalue weighted by Crippen LogP contribution is -2.55. The van der Waals surface area contributed by atoms with Gasteiger partial charge in [-0.3, -0.25) is 9.08 Å². The van der Waals surface area contributed by atoms with Gasteiger partial charge in [0.05, 0.1) is 12.4 Å². The Labute approximate surface area is 127 Å². The first-order chi connectivity index (χ1) is 9.69. The molecule has 22 heavy (non-hydrogen) atoms. The van der Waals surface area contributed by atoms with Gasteiger partial charge in [0.2, 0.25) is 0 Å². The highest BCUT2D eigenvalue weighted by Gasteiger charge is 2.50. The molecular formula is C12H20F3NO5S. The van der Waals surface area contributed by atoms with Crippen molar-refractivity contribution in [3.8, 4) is 0 Å². The quantitative estimate of drug-likeness (QED) is 0.717. The first kappa shape index (κ1) is 19.0. The van der Waals surface area contributed by atoms with Crippen LogP contribution in [0, 0.1) is 0 Å². The second kappa shape index (κ2) is 6.23. The summed E-state index contributed by atoms with van der Waals surface area (Å²) in [6.45, 7) is 4.35. The normalized spacial score (nSPS) is 24.2. The molecule has 0 N–H and O–H groups in total. The monoisotopic (exact) mass is 347 g/mol. The van der Waals surface area contributed by atoms with Gasteiger partial charge in [0.15, 0.2) is 0 Å². The summed E-state index contributed by atoms with van der Waals surface area (Å²) in [7, 11) is -3.86. The van der Waals surface area contributed by atoms with E-state index >= 15 is 0 Å². The number of ether oxygens (including phenoxy) is 1. The molecule has 6 nitrogen and oxygen atoms in total. The number of hydrogen-bond acceptors (Lipinski definition) is 5. The largest absolute Gasteiger partial charge is 0.444 e. The lowest BCUT2D eigenvalue weighted by molar-refractivity contribution is -0.194. The summed E-state index contributed by atoms with van der Waals surface area (Å²) in [6.07, 6.45) is -6.77. The molecule has 1 amide bonds. The highest BCUT2D eigenvalue weighted by atomic mass is 32.2. The van der Waals surface area contributed by atoms with Crippen LogP contribution in [0.15, 0.2) is 0 Å². The molecule has 1 fully saturated rings. The van der Waals surface area contributed by atoms with E-state index in [1.165, 1.54) is 0 Å². The van der Waals surface area contributed by atoms with E-state index in [0.29, 0.717) is 4.90 Å². The Balaban J connectivity index is 2.89. The van der Waals surface area contributed by atoms with Gasteiger partial charge in [-0.25, -0.2) is 4.79 Å². The highest BCUT2D eigenvalue weighted by molar-refractivity contribution is 7.86. The summed E-state index contributed by atoms with van der Waals surface area (Å²) in [4.78, 5) is 12.5. The van der Waals surface area contributed by atoms with Crippen LogP contribution < -0.4 is 0 Å². The van der Waals surface area contributed by atoms with Crippen molar-refractivity contribution in [1.29, 1.82) is 0 Å². The van der Waals surface area contributed by atoms with Crippen molar-refractivity contribution < 1.29 is 35.3 Å². The first-order valence-electron chi connectivity index (χ1n) is 6.63. The van der Waals surface area contributed by atoms with Crippen LogP contribution in [-0.2, 0) is 19.0 Å². The lowest BCUT2D eigenvalue weighted by Gasteiger charge is -2.40. The van der Waals surface area contributed by atoms with Crippen LogP contribution in [0.25, 0.3) is 0 Å². The van der Waals surface area contributed by atoms with Gasteiger partial charge >= 0.3 is 12.3 Å². The van der Waals surface area contributed by atoms with Crippen molar-refractivity contribution in [3.05, 3.63) is 0 Å². The number of halogens is 3. The number of likely N-dealkylation sites (tertiary alicyclic amines) is 1. The van der Waals surface area contributed by atoms with Gasteiger partial charge in [0.1, 0.15) is 11.6 Å². The van der Waals surface area contributed by atoms with Crippen molar-refractivity contribution in [3.63, 3.8) is 0 Å². The summed E-state index contributed by atoms with van der Waals surface area (Å²) in [5, 5.41) is 0. The zero-order valence-electron chi connectivity index (χ0n) is 12.8. The summed E-state index contributed by atoms with van der Waals surface area (Å²) in [5.41, 5.74) is -0.923. The molecule has 1 rings (SSSR count). The molecule has 1 saturated heterocycles. The maximum absolute atomic E-state index is 13.1. The zero-order valence-corrected chi connectivity index (χ0v) is 13.6. The minimum atomic E-state index is -4.70. The van der Waals surface area contributed by atoms with Crippen molar-refractivity contribution in [2.24, 2.45) is 0 Å². The van der Waals surface area contributed by atoms with Gasteiger partial charge in [-0.1, -0.05) is 0 Å². The van der Waals surface area contributed by atoms with E-state index in [9.17, 15) is 26.4 Å². The van der Waals surface area contributed by atoms with Gasteiger partial charge < -0.3 is 4.74 Å². The maximum atomic E-state index is 13.1. The molecule has 0 unspecified atom stereocenters. The van der Waals surface area contributed by atoms with Crippen molar-refractivity contribution in [1.82, 2.24) is 4.90 Å². The van der Waals surface area contributed by atoms with E-state index < -0.39 is 46.6 Å². The Kier molecular flexibility index (Phi) is 5.38. The van der Waals surface area contributed by atoms with E-state index in [4.69, 9.17) is 4.74 Å². The topological polar surface area (TPSA) is 72.9 Å². The molecule has 0 spiro atoms. The number of hydrogen-bond donors (Lipinski definition) is 0. The van der Waals surface area contributed by atoms with E-state index in [0.717, 1.165) is 6.26 Å². The molecule has 0 saturated carbocycles. The van der Waals surface area contributed by atoms with Crippen LogP contribution in [0.2, 0.25) is 0 Å². The summed E-state index contributed by atoms with van der Waals surface area (Å²) < 4.78 is 71.1. The maximum Gasteiger partial charge on any atom is 0.410 e. The van der Waals surface area contributed by atoms with Crippen LogP contribution in [0.5, 0.6) is 0 Å². The molecule has 0 aliphatic carbocycles. The van der Waals surface area contributed by atoms with Crippen LogP contribution in [0.3, 0.4) is 0 Å². The second-order valence-electron chi connectivity index (χ2n) is 6.18. The first-order valence-corrected chi connectivity index (χ1v) is 8.45. The molecular weight excluding hydrogens is 327 g/mol. The Morgan fingerprint density at radius 3 is 2.18 bits per heavy atom. The Morgan fingerprint density at radius 2 is 1.77 bits per heavy atom. The zero-order chi connectivity index (χ0) is 17.3. The van der Waals surface area contributed by atoms with Crippen molar-refractivity contribution in [2.45, 2.75) is 57.5 Å². The average Bonchev–Trinajstić information content (AvgIpc) is 2.22. The highest BCUT2D eigenvalue weighted by Crippen LogP contribution is 2.34. The average molecular weight is 347 g/mol. The van der Waals surface area contributed by atoms with Crippen molar-refractivity contribution in [2.75, 3.05) is 12.8 Å². The fourth-order valence-corrected chi connectivity index (χ4v) is 2.79. The van der Waals surface area contributed by atoms with E-state index in [2.05, 4.69) is 4.18 Å². The summed E-state index contributed by atoms with van der Waals surface area (Å²) in [5.74, 6) is 0. The van der Waals surface area contributed by atoms with E-state index in [1.807, 2.05) is 0 Å². The third kappa shape index (κ3) is 5.99. The Bertz CT molecular complexity index is 512. The molecule has 0 aromatic heterocycles. The smallest absolute Gasteiger partial charge is 0.410 e. The minimum Gasteiger partial charge on any atom is -0.444 e. The number of nitrogens with zero attached hydrogens (tertiary/aromatic N) is 1. The number of amides is 1. The number of carbonyl (C=O) groups is 1. The number of alkyl halides is 3. The van der Waals surface area contributed by atoms with E-state index in [-0.39, 0.29) is 13.0 Å². The van der Waals surface area contributed by atoms with Crippen LogP contribution >= 0.6 is 0 Å². The molecule has 2 atom stereocenters. The van der Waals surface area contributed by atoms with Crippen LogP contribution in [0.1, 0.15) is 33.6 Å². The van der Waals surface area contributed by atoms with Gasteiger partial charge in [-0.15, -0.1) is 0 Å². The Hall–Kier alpha value is -1.03. The Morgan fingerprint density at radius 1 is 1.23 bits per heavy atom. The molecule has 0 bridgehead atoms. The molecule has 1 heterocycles. The predicted molar refractivity (Wildman–Crippen MR) is 71.7 cm³/mol. The molecule has 0 radical (unpaired) electrons. The summed E-state index contributed by atoms with van der Waals surface area (Å²) >= 11 is 0. The third-order valence-electron chi connectivity index (χ3n) is 2.87. The molecule has 10 heteroatoms. The number of piperidine rings is 1. The third-order valence-corrected chi connectivity index (χ3v) is 3.49. The number of carbonyl (C=O) groups excluding carboxylic acids is 1. The molecule has 0 aromatic rings. The SMILES string of the molecule is CC(C)(C)OC(=O)N1CC[C@@H](OS(C)(=O)=O)C[C@@H]1C(F)(F)F. The van der Waals surface area contributed by atoms with Crippen LogP contribution in [-0.4, -0.2) is 56.1 Å². The molecule has 130 valence electrons. The van der Waals surface area contributed by atoms with Gasteiger partial charge in [0.25, 0.3) is 10.1 Å². The van der Waals surface area contributed by atoms with Crippen LogP contribution in [0.4, 0.5) is 18.0 Å². The van der Waals surface area contributed by atoms with Gasteiger partial charge in [-0.05, 0) is 27.2 Å².